The average molecular weight is 210 g/mol. The van der Waals surface area contributed by atoms with Crippen molar-refractivity contribution in [2.45, 2.75) is 18.9 Å². The van der Waals surface area contributed by atoms with Gasteiger partial charge in [0.1, 0.15) is 0 Å². The number of nitrogens with zero attached hydrogens (tertiary/aromatic N) is 3. The van der Waals surface area contributed by atoms with E-state index in [0.29, 0.717) is 12.5 Å². The molecule has 4 heteroatoms. The molecular weight excluding hydrogens is 188 g/mol. The molecule has 1 aliphatic rings. The molecule has 1 unspecified atom stereocenters. The van der Waals surface area contributed by atoms with Crippen molar-refractivity contribution < 1.29 is 0 Å². The lowest BCUT2D eigenvalue weighted by Gasteiger charge is -2.37. The largest absolute Gasteiger partial charge is 0.315 e. The van der Waals surface area contributed by atoms with Crippen LogP contribution < -0.4 is 5.32 Å². The van der Waals surface area contributed by atoms with E-state index >= 15 is 0 Å². The van der Waals surface area contributed by atoms with Gasteiger partial charge in [-0.15, -0.1) is 0 Å². The Morgan fingerprint density at radius 3 is 2.93 bits per heavy atom. The van der Waals surface area contributed by atoms with Crippen molar-refractivity contribution in [1.82, 2.24) is 15.1 Å². The van der Waals surface area contributed by atoms with Crippen molar-refractivity contribution in [1.29, 1.82) is 5.26 Å². The lowest BCUT2D eigenvalue weighted by Crippen LogP contribution is -2.53. The molecule has 0 amide bonds. The van der Waals surface area contributed by atoms with E-state index in [4.69, 9.17) is 5.26 Å². The van der Waals surface area contributed by atoms with Crippen LogP contribution in [0.5, 0.6) is 0 Å². The third-order valence-electron chi connectivity index (χ3n) is 3.00. The van der Waals surface area contributed by atoms with Gasteiger partial charge in [-0.25, -0.2) is 0 Å². The minimum Gasteiger partial charge on any atom is -0.315 e. The van der Waals surface area contributed by atoms with Crippen LogP contribution in [0.15, 0.2) is 0 Å². The van der Waals surface area contributed by atoms with Crippen molar-refractivity contribution in [3.63, 3.8) is 0 Å². The molecule has 1 N–H and O–H groups in total. The zero-order valence-corrected chi connectivity index (χ0v) is 9.87. The van der Waals surface area contributed by atoms with Gasteiger partial charge in [-0.3, -0.25) is 4.90 Å². The summed E-state index contributed by atoms with van der Waals surface area (Å²) in [5, 5.41) is 11.8. The van der Waals surface area contributed by atoms with Gasteiger partial charge in [0.2, 0.25) is 0 Å². The Hall–Kier alpha value is -0.630. The highest BCUT2D eigenvalue weighted by atomic mass is 15.3. The van der Waals surface area contributed by atoms with Crippen LogP contribution in [0.2, 0.25) is 0 Å². The summed E-state index contributed by atoms with van der Waals surface area (Å²) >= 11 is 0. The molecule has 0 spiro atoms. The molecule has 1 heterocycles. The molecular formula is C11H22N4. The van der Waals surface area contributed by atoms with Crippen molar-refractivity contribution in [2.75, 3.05) is 46.8 Å². The van der Waals surface area contributed by atoms with E-state index in [-0.39, 0.29) is 0 Å². The third kappa shape index (κ3) is 4.61. The quantitative estimate of drug-likeness (QED) is 0.655. The number of nitrogens with one attached hydrogen (secondary N) is 1. The van der Waals surface area contributed by atoms with Crippen molar-refractivity contribution in [3.05, 3.63) is 0 Å². The highest BCUT2D eigenvalue weighted by Crippen LogP contribution is 2.04. The van der Waals surface area contributed by atoms with Gasteiger partial charge in [-0.2, -0.15) is 5.26 Å². The molecule has 1 aliphatic heterocycles. The van der Waals surface area contributed by atoms with Crippen LogP contribution in [0.3, 0.4) is 0 Å². The van der Waals surface area contributed by atoms with E-state index < -0.39 is 0 Å². The summed E-state index contributed by atoms with van der Waals surface area (Å²) in [5.74, 6) is 0. The molecule has 15 heavy (non-hydrogen) atoms. The number of piperazine rings is 1. The molecule has 86 valence electrons. The normalized spacial score (nSPS) is 23.9. The molecule has 0 aliphatic carbocycles. The van der Waals surface area contributed by atoms with Gasteiger partial charge in [0.25, 0.3) is 0 Å². The Kier molecular flexibility index (Phi) is 5.62. The Balaban J connectivity index is 2.11. The predicted molar refractivity (Wildman–Crippen MR) is 61.6 cm³/mol. The zero-order chi connectivity index (χ0) is 11.1. The summed E-state index contributed by atoms with van der Waals surface area (Å²) in [7, 11) is 4.37. The maximum Gasteiger partial charge on any atom is 0.0622 e. The maximum atomic E-state index is 8.40. The Morgan fingerprint density at radius 1 is 1.40 bits per heavy atom. The van der Waals surface area contributed by atoms with E-state index in [0.717, 1.165) is 32.6 Å². The fraction of sp³-hybridized carbons (Fsp3) is 0.909. The standard InChI is InChI=1S/C11H22N4/c1-14-7-8-15(2)11(10-14)9-13-6-4-3-5-12/h11,13H,3-4,6-10H2,1-2H3. The fourth-order valence-electron chi connectivity index (χ4n) is 1.88. The number of rotatable bonds is 5. The van der Waals surface area contributed by atoms with E-state index in [1.54, 1.807) is 0 Å². The first-order valence-corrected chi connectivity index (χ1v) is 5.70. The molecule has 0 aromatic carbocycles. The van der Waals surface area contributed by atoms with Gasteiger partial charge in [-0.1, -0.05) is 0 Å². The summed E-state index contributed by atoms with van der Waals surface area (Å²) in [6.45, 7) is 5.46. The second kappa shape index (κ2) is 6.78. The number of unbranched alkanes of at least 4 members (excludes halogenated alkanes) is 1. The van der Waals surface area contributed by atoms with Crippen LogP contribution in [0.25, 0.3) is 0 Å². The topological polar surface area (TPSA) is 42.3 Å². The summed E-state index contributed by atoms with van der Waals surface area (Å²) in [6, 6.07) is 2.78. The lowest BCUT2D eigenvalue weighted by atomic mass is 10.2. The molecule has 4 nitrogen and oxygen atoms in total. The van der Waals surface area contributed by atoms with Crippen LogP contribution in [-0.2, 0) is 0 Å². The van der Waals surface area contributed by atoms with Crippen LogP contribution in [0, 0.1) is 11.3 Å². The van der Waals surface area contributed by atoms with Crippen molar-refractivity contribution >= 4 is 0 Å². The molecule has 0 aromatic rings. The number of likely N-dealkylation sites (N-methyl/N-ethyl adjacent to an activating group) is 2. The molecule has 1 saturated heterocycles. The minimum atomic E-state index is 0.617. The SMILES string of the molecule is CN1CCN(C)C(CNCCCC#N)C1. The molecule has 1 rings (SSSR count). The number of hydrogen-bond acceptors (Lipinski definition) is 4. The van der Waals surface area contributed by atoms with Crippen molar-refractivity contribution in [3.8, 4) is 6.07 Å². The molecule has 0 aromatic heterocycles. The molecule has 0 saturated carbocycles. The fourth-order valence-corrected chi connectivity index (χ4v) is 1.88. The van der Waals surface area contributed by atoms with E-state index in [1.165, 1.54) is 6.54 Å². The molecule has 1 atom stereocenters. The van der Waals surface area contributed by atoms with Gasteiger partial charge >= 0.3 is 0 Å². The first kappa shape index (κ1) is 12.4. The predicted octanol–water partition coefficient (Wildman–Crippen LogP) is 0.126. The first-order chi connectivity index (χ1) is 7.24. The summed E-state index contributed by atoms with van der Waals surface area (Å²) in [6.07, 6.45) is 1.62. The van der Waals surface area contributed by atoms with Gasteiger partial charge in [-0.05, 0) is 27.1 Å². The van der Waals surface area contributed by atoms with Gasteiger partial charge < -0.3 is 10.2 Å². The van der Waals surface area contributed by atoms with Crippen LogP contribution >= 0.6 is 0 Å². The third-order valence-corrected chi connectivity index (χ3v) is 3.00. The van der Waals surface area contributed by atoms with Gasteiger partial charge in [0, 0.05) is 38.6 Å². The van der Waals surface area contributed by atoms with Gasteiger partial charge in [0.05, 0.1) is 6.07 Å². The van der Waals surface area contributed by atoms with E-state index in [1.807, 2.05) is 0 Å². The number of hydrogen-bond donors (Lipinski definition) is 1. The second-order valence-corrected chi connectivity index (χ2v) is 4.36. The van der Waals surface area contributed by atoms with Crippen LogP contribution in [-0.4, -0.2) is 62.7 Å². The van der Waals surface area contributed by atoms with E-state index in [9.17, 15) is 0 Å². The maximum absolute atomic E-state index is 8.40. The monoisotopic (exact) mass is 210 g/mol. The Labute approximate surface area is 92.8 Å². The Bertz CT molecular complexity index is 211. The smallest absolute Gasteiger partial charge is 0.0622 e. The lowest BCUT2D eigenvalue weighted by molar-refractivity contribution is 0.113. The zero-order valence-electron chi connectivity index (χ0n) is 9.87. The molecule has 0 bridgehead atoms. The highest BCUT2D eigenvalue weighted by molar-refractivity contribution is 4.80. The molecule has 0 radical (unpaired) electrons. The van der Waals surface area contributed by atoms with Crippen LogP contribution in [0.1, 0.15) is 12.8 Å². The summed E-state index contributed by atoms with van der Waals surface area (Å²) < 4.78 is 0. The van der Waals surface area contributed by atoms with Gasteiger partial charge in [0.15, 0.2) is 0 Å². The molecule has 1 fully saturated rings. The number of nitriles is 1. The average Bonchev–Trinajstić information content (AvgIpc) is 2.23. The second-order valence-electron chi connectivity index (χ2n) is 4.36. The Morgan fingerprint density at radius 2 is 2.20 bits per heavy atom. The van der Waals surface area contributed by atoms with Crippen molar-refractivity contribution in [2.24, 2.45) is 0 Å². The minimum absolute atomic E-state index is 0.617. The summed E-state index contributed by atoms with van der Waals surface area (Å²) in [5.41, 5.74) is 0. The van der Waals surface area contributed by atoms with Crippen LogP contribution in [0.4, 0.5) is 0 Å². The first-order valence-electron chi connectivity index (χ1n) is 5.70. The van der Waals surface area contributed by atoms with E-state index in [2.05, 4.69) is 35.3 Å². The highest BCUT2D eigenvalue weighted by Gasteiger charge is 2.21. The summed E-state index contributed by atoms with van der Waals surface area (Å²) in [4.78, 5) is 4.79.